The number of esters is 1. The fourth-order valence-electron chi connectivity index (χ4n) is 3.31. The van der Waals surface area contributed by atoms with Crippen molar-refractivity contribution in [3.63, 3.8) is 0 Å². The highest BCUT2D eigenvalue weighted by Crippen LogP contribution is 2.27. The predicted octanol–water partition coefficient (Wildman–Crippen LogP) is 5.39. The van der Waals surface area contributed by atoms with Crippen LogP contribution in [0.5, 0.6) is 11.5 Å². The zero-order valence-electron chi connectivity index (χ0n) is 19.6. The van der Waals surface area contributed by atoms with Gasteiger partial charge in [0.2, 0.25) is 0 Å². The van der Waals surface area contributed by atoms with Crippen molar-refractivity contribution in [2.75, 3.05) is 10.6 Å². The van der Waals surface area contributed by atoms with Crippen LogP contribution in [0.3, 0.4) is 0 Å². The van der Waals surface area contributed by atoms with Crippen LogP contribution in [-0.2, 0) is 9.59 Å². The summed E-state index contributed by atoms with van der Waals surface area (Å²) in [6, 6.07) is 20.8. The van der Waals surface area contributed by atoms with Gasteiger partial charge in [0.1, 0.15) is 11.5 Å². The molecule has 0 saturated heterocycles. The second kappa shape index (κ2) is 11.1. The molecule has 0 aliphatic heterocycles. The van der Waals surface area contributed by atoms with Crippen molar-refractivity contribution in [2.24, 2.45) is 0 Å². The van der Waals surface area contributed by atoms with E-state index < -0.39 is 18.0 Å². The summed E-state index contributed by atoms with van der Waals surface area (Å²) >= 11 is 0. The van der Waals surface area contributed by atoms with Gasteiger partial charge < -0.3 is 20.1 Å². The molecule has 3 rings (SSSR count). The Bertz CT molecular complexity index is 1190. The predicted molar refractivity (Wildman–Crippen MR) is 131 cm³/mol. The Kier molecular flexibility index (Phi) is 8.03. The molecule has 3 aromatic rings. The summed E-state index contributed by atoms with van der Waals surface area (Å²) in [7, 11) is 0. The van der Waals surface area contributed by atoms with Gasteiger partial charge in [-0.15, -0.1) is 0 Å². The van der Waals surface area contributed by atoms with Gasteiger partial charge in [-0.2, -0.15) is 0 Å². The number of nitrogens with one attached hydrogen (secondary N) is 2. The molecule has 34 heavy (non-hydrogen) atoms. The maximum absolute atomic E-state index is 12.9. The molecular weight excluding hydrogens is 432 g/mol. The summed E-state index contributed by atoms with van der Waals surface area (Å²) in [6.07, 6.45) is -0.760. The first-order valence-corrected chi connectivity index (χ1v) is 11.0. The Labute approximate surface area is 199 Å². The van der Waals surface area contributed by atoms with Crippen molar-refractivity contribution >= 4 is 29.2 Å². The highest BCUT2D eigenvalue weighted by molar-refractivity contribution is 6.07. The summed E-state index contributed by atoms with van der Waals surface area (Å²) in [4.78, 5) is 36.8. The molecule has 0 spiro atoms. The maximum atomic E-state index is 12.9. The van der Waals surface area contributed by atoms with Gasteiger partial charge in [0, 0.05) is 12.5 Å². The Hall–Kier alpha value is -4.13. The van der Waals surface area contributed by atoms with E-state index in [9.17, 15) is 14.4 Å². The average molecular weight is 461 g/mol. The van der Waals surface area contributed by atoms with Crippen molar-refractivity contribution in [1.82, 2.24) is 0 Å². The van der Waals surface area contributed by atoms with E-state index in [1.54, 1.807) is 49.4 Å². The number of rotatable bonds is 8. The van der Waals surface area contributed by atoms with E-state index >= 15 is 0 Å². The molecule has 176 valence electrons. The number of ether oxygens (including phenoxy) is 2. The molecule has 1 unspecified atom stereocenters. The number of benzene rings is 3. The highest BCUT2D eigenvalue weighted by Gasteiger charge is 2.19. The van der Waals surface area contributed by atoms with Gasteiger partial charge >= 0.3 is 5.97 Å². The maximum Gasteiger partial charge on any atom is 0.308 e. The molecule has 0 fully saturated rings. The molecule has 0 saturated carbocycles. The van der Waals surface area contributed by atoms with Crippen LogP contribution in [0.1, 0.15) is 49.5 Å². The van der Waals surface area contributed by atoms with Crippen LogP contribution < -0.4 is 20.1 Å². The first-order chi connectivity index (χ1) is 16.2. The van der Waals surface area contributed by atoms with Crippen LogP contribution in [0.25, 0.3) is 0 Å². The molecule has 3 aromatic carbocycles. The number of hydrogen-bond acceptors (Lipinski definition) is 5. The third-order valence-electron chi connectivity index (χ3n) is 5.00. The molecule has 2 amide bonds. The van der Waals surface area contributed by atoms with Crippen LogP contribution in [0, 0.1) is 0 Å². The lowest BCUT2D eigenvalue weighted by molar-refractivity contribution is -0.131. The summed E-state index contributed by atoms with van der Waals surface area (Å²) in [5.41, 5.74) is 2.19. The summed E-state index contributed by atoms with van der Waals surface area (Å²) in [5, 5.41) is 5.62. The number of anilines is 2. The zero-order chi connectivity index (χ0) is 24.7. The normalized spacial score (nSPS) is 11.4. The van der Waals surface area contributed by atoms with Gasteiger partial charge in [-0.1, -0.05) is 50.2 Å². The minimum absolute atomic E-state index is 0.252. The SMILES string of the molecule is CC(=O)Oc1cccc(C(=O)Nc2ccccc2NC(=O)C(C)Oc2ccccc2C(C)C)c1. The number of carbonyl (C=O) groups is 3. The third kappa shape index (κ3) is 6.45. The van der Waals surface area contributed by atoms with E-state index in [-0.39, 0.29) is 17.6 Å². The van der Waals surface area contributed by atoms with E-state index in [4.69, 9.17) is 9.47 Å². The molecule has 0 aliphatic carbocycles. The van der Waals surface area contributed by atoms with E-state index in [0.717, 1.165) is 5.56 Å². The van der Waals surface area contributed by atoms with Crippen molar-refractivity contribution < 1.29 is 23.9 Å². The van der Waals surface area contributed by atoms with Gasteiger partial charge in [0.25, 0.3) is 11.8 Å². The van der Waals surface area contributed by atoms with Crippen LogP contribution in [0.15, 0.2) is 72.8 Å². The fourth-order valence-corrected chi connectivity index (χ4v) is 3.31. The van der Waals surface area contributed by atoms with Crippen molar-refractivity contribution in [2.45, 2.75) is 39.7 Å². The van der Waals surface area contributed by atoms with Gasteiger partial charge in [0.05, 0.1) is 11.4 Å². The molecular formula is C27H28N2O5. The van der Waals surface area contributed by atoms with Crippen molar-refractivity contribution in [1.29, 1.82) is 0 Å². The molecule has 0 aromatic heterocycles. The second-order valence-corrected chi connectivity index (χ2v) is 8.06. The molecule has 0 bridgehead atoms. The molecule has 7 heteroatoms. The summed E-state index contributed by atoms with van der Waals surface area (Å²) in [6.45, 7) is 7.09. The summed E-state index contributed by atoms with van der Waals surface area (Å²) in [5.74, 6) is -0.0496. The quantitative estimate of drug-likeness (QED) is 0.347. The van der Waals surface area contributed by atoms with Crippen LogP contribution in [0.4, 0.5) is 11.4 Å². The number of para-hydroxylation sites is 3. The molecule has 0 aliphatic rings. The first kappa shape index (κ1) is 24.5. The monoisotopic (exact) mass is 460 g/mol. The van der Waals surface area contributed by atoms with Gasteiger partial charge in [-0.25, -0.2) is 0 Å². The number of hydrogen-bond donors (Lipinski definition) is 2. The van der Waals surface area contributed by atoms with E-state index in [1.807, 2.05) is 24.3 Å². The Morgan fingerprint density at radius 2 is 1.44 bits per heavy atom. The van der Waals surface area contributed by atoms with E-state index in [2.05, 4.69) is 24.5 Å². The summed E-state index contributed by atoms with van der Waals surface area (Å²) < 4.78 is 11.0. The van der Waals surface area contributed by atoms with E-state index in [0.29, 0.717) is 22.7 Å². The topological polar surface area (TPSA) is 93.7 Å². The first-order valence-electron chi connectivity index (χ1n) is 11.0. The molecule has 2 N–H and O–H groups in total. The Morgan fingerprint density at radius 3 is 2.12 bits per heavy atom. The van der Waals surface area contributed by atoms with Gasteiger partial charge in [-0.3, -0.25) is 14.4 Å². The third-order valence-corrected chi connectivity index (χ3v) is 5.00. The standard InChI is InChI=1S/C27H28N2O5/c1-17(2)22-12-5-8-15-25(22)33-18(3)26(31)28-23-13-6-7-14-24(23)29-27(32)20-10-9-11-21(16-20)34-19(4)30/h5-18H,1-4H3,(H,28,31)(H,29,32). The lowest BCUT2D eigenvalue weighted by Gasteiger charge is -2.19. The lowest BCUT2D eigenvalue weighted by Crippen LogP contribution is -2.31. The fraction of sp³-hybridized carbons (Fsp3) is 0.222. The number of amides is 2. The van der Waals surface area contributed by atoms with Crippen molar-refractivity contribution in [3.05, 3.63) is 83.9 Å². The minimum Gasteiger partial charge on any atom is -0.481 e. The molecule has 0 heterocycles. The van der Waals surface area contributed by atoms with Gasteiger partial charge in [-0.05, 0) is 54.8 Å². The molecule has 1 atom stereocenters. The Morgan fingerprint density at radius 1 is 0.794 bits per heavy atom. The zero-order valence-corrected chi connectivity index (χ0v) is 19.6. The van der Waals surface area contributed by atoms with Crippen LogP contribution in [-0.4, -0.2) is 23.9 Å². The average Bonchev–Trinajstić information content (AvgIpc) is 2.80. The second-order valence-electron chi connectivity index (χ2n) is 8.06. The molecule has 7 nitrogen and oxygen atoms in total. The highest BCUT2D eigenvalue weighted by atomic mass is 16.5. The van der Waals surface area contributed by atoms with Crippen molar-refractivity contribution in [3.8, 4) is 11.5 Å². The molecule has 0 radical (unpaired) electrons. The van der Waals surface area contributed by atoms with Crippen LogP contribution in [0.2, 0.25) is 0 Å². The number of carbonyl (C=O) groups excluding carboxylic acids is 3. The lowest BCUT2D eigenvalue weighted by atomic mass is 10.0. The van der Waals surface area contributed by atoms with Gasteiger partial charge in [0.15, 0.2) is 6.10 Å². The Balaban J connectivity index is 1.71. The smallest absolute Gasteiger partial charge is 0.308 e. The van der Waals surface area contributed by atoms with Crippen LogP contribution >= 0.6 is 0 Å². The largest absolute Gasteiger partial charge is 0.481 e. The minimum atomic E-state index is -0.760. The van der Waals surface area contributed by atoms with E-state index in [1.165, 1.54) is 13.0 Å².